The number of hydrogen-bond acceptors (Lipinski definition) is 3. The molecule has 0 spiro atoms. The highest BCUT2D eigenvalue weighted by atomic mass is 16.1. The molecule has 0 saturated heterocycles. The minimum Gasteiger partial charge on any atom is -0.295 e. The van der Waals surface area contributed by atoms with Crippen LogP contribution in [0, 0.1) is 5.92 Å². The first-order chi connectivity index (χ1) is 7.34. The maximum atomic E-state index is 11.5. The Balaban J connectivity index is 1.68. The highest BCUT2D eigenvalue weighted by Gasteiger charge is 2.16. The van der Waals surface area contributed by atoms with E-state index in [0.29, 0.717) is 12.4 Å². The summed E-state index contributed by atoms with van der Waals surface area (Å²) in [6, 6.07) is 0. The van der Waals surface area contributed by atoms with Crippen molar-refractivity contribution in [3.63, 3.8) is 0 Å². The Bertz CT molecular complexity index is 303. The zero-order valence-corrected chi connectivity index (χ0v) is 8.70. The van der Waals surface area contributed by atoms with E-state index in [1.807, 2.05) is 0 Å². The van der Waals surface area contributed by atoms with Gasteiger partial charge >= 0.3 is 0 Å². The molecule has 0 atom stereocenters. The first-order valence-electron chi connectivity index (χ1n) is 5.50. The maximum Gasteiger partial charge on any atom is 0.226 e. The van der Waals surface area contributed by atoms with Crippen LogP contribution in [-0.2, 0) is 4.79 Å². The van der Waals surface area contributed by atoms with Gasteiger partial charge in [-0.1, -0.05) is 25.7 Å². The fourth-order valence-corrected chi connectivity index (χ4v) is 2.09. The predicted molar refractivity (Wildman–Crippen MR) is 56.2 cm³/mol. The molecule has 1 fully saturated rings. The summed E-state index contributed by atoms with van der Waals surface area (Å²) in [6.07, 6.45) is 8.20. The van der Waals surface area contributed by atoms with Gasteiger partial charge in [0.15, 0.2) is 0 Å². The normalized spacial score (nSPS) is 16.8. The molecule has 0 aromatic carbocycles. The van der Waals surface area contributed by atoms with Gasteiger partial charge in [-0.25, -0.2) is 5.10 Å². The molecule has 15 heavy (non-hydrogen) atoms. The number of H-pyrrole nitrogens is 1. The fourth-order valence-electron chi connectivity index (χ4n) is 2.09. The second-order valence-corrected chi connectivity index (χ2v) is 4.07. The third-order valence-corrected chi connectivity index (χ3v) is 2.93. The van der Waals surface area contributed by atoms with E-state index in [4.69, 9.17) is 0 Å². The second-order valence-electron chi connectivity index (χ2n) is 4.07. The van der Waals surface area contributed by atoms with Crippen LogP contribution in [0.25, 0.3) is 0 Å². The highest BCUT2D eigenvalue weighted by molar-refractivity contribution is 5.88. The summed E-state index contributed by atoms with van der Waals surface area (Å²) >= 11 is 0. The molecular weight excluding hydrogens is 192 g/mol. The molecule has 1 aromatic rings. The van der Waals surface area contributed by atoms with E-state index in [1.54, 1.807) is 0 Å². The van der Waals surface area contributed by atoms with Crippen LogP contribution in [0.15, 0.2) is 6.33 Å². The number of amides is 1. The van der Waals surface area contributed by atoms with Crippen molar-refractivity contribution in [2.45, 2.75) is 38.5 Å². The van der Waals surface area contributed by atoms with E-state index in [0.717, 1.165) is 12.3 Å². The van der Waals surface area contributed by atoms with Gasteiger partial charge in [-0.3, -0.25) is 10.1 Å². The summed E-state index contributed by atoms with van der Waals surface area (Å²) in [5.74, 6) is 1.22. The summed E-state index contributed by atoms with van der Waals surface area (Å²) < 4.78 is 0. The molecule has 1 heterocycles. The largest absolute Gasteiger partial charge is 0.295 e. The monoisotopic (exact) mass is 208 g/mol. The molecule has 0 radical (unpaired) electrons. The van der Waals surface area contributed by atoms with Crippen molar-refractivity contribution in [3.05, 3.63) is 6.33 Å². The Labute approximate surface area is 88.7 Å². The molecule has 1 aliphatic rings. The minimum atomic E-state index is 0.0265. The van der Waals surface area contributed by atoms with Gasteiger partial charge in [0, 0.05) is 6.42 Å². The Hall–Kier alpha value is -1.39. The maximum absolute atomic E-state index is 11.5. The van der Waals surface area contributed by atoms with Crippen LogP contribution in [0.4, 0.5) is 5.95 Å². The Morgan fingerprint density at radius 2 is 2.33 bits per heavy atom. The number of anilines is 1. The average Bonchev–Trinajstić information content (AvgIpc) is 2.86. The summed E-state index contributed by atoms with van der Waals surface area (Å²) in [6.45, 7) is 0. The molecule has 0 unspecified atom stereocenters. The highest BCUT2D eigenvalue weighted by Crippen LogP contribution is 2.28. The summed E-state index contributed by atoms with van der Waals surface area (Å²) in [5, 5.41) is 8.94. The topological polar surface area (TPSA) is 70.7 Å². The number of nitrogens with zero attached hydrogens (tertiary/aromatic N) is 2. The van der Waals surface area contributed by atoms with E-state index in [2.05, 4.69) is 20.5 Å². The number of carbonyl (C=O) groups excluding carboxylic acids is 1. The van der Waals surface area contributed by atoms with Gasteiger partial charge < -0.3 is 0 Å². The molecule has 5 nitrogen and oxygen atoms in total. The third kappa shape index (κ3) is 3.04. The van der Waals surface area contributed by atoms with Crippen molar-refractivity contribution >= 4 is 11.9 Å². The predicted octanol–water partition coefficient (Wildman–Crippen LogP) is 1.71. The van der Waals surface area contributed by atoms with Crippen molar-refractivity contribution in [1.82, 2.24) is 15.2 Å². The van der Waals surface area contributed by atoms with Gasteiger partial charge in [-0.15, -0.1) is 0 Å². The quantitative estimate of drug-likeness (QED) is 0.791. The van der Waals surface area contributed by atoms with E-state index < -0.39 is 0 Å². The average molecular weight is 208 g/mol. The number of aromatic nitrogens is 3. The molecule has 82 valence electrons. The zero-order chi connectivity index (χ0) is 10.5. The van der Waals surface area contributed by atoms with Gasteiger partial charge in [-0.2, -0.15) is 10.1 Å². The third-order valence-electron chi connectivity index (χ3n) is 2.93. The van der Waals surface area contributed by atoms with Crippen LogP contribution in [0.2, 0.25) is 0 Å². The van der Waals surface area contributed by atoms with Crippen LogP contribution >= 0.6 is 0 Å². The lowest BCUT2D eigenvalue weighted by Crippen LogP contribution is -2.13. The molecule has 2 N–H and O–H groups in total. The van der Waals surface area contributed by atoms with E-state index in [9.17, 15) is 4.79 Å². The fraction of sp³-hybridized carbons (Fsp3) is 0.700. The number of aromatic amines is 1. The van der Waals surface area contributed by atoms with Crippen molar-refractivity contribution in [2.75, 3.05) is 5.32 Å². The smallest absolute Gasteiger partial charge is 0.226 e. The molecule has 0 aliphatic heterocycles. The first-order valence-corrected chi connectivity index (χ1v) is 5.50. The standard InChI is InChI=1S/C10H16N4O/c15-9(13-10-11-7-12-14-10)6-5-8-3-1-2-4-8/h7-8H,1-6H2,(H2,11,12,13,14,15). The number of carbonyl (C=O) groups is 1. The van der Waals surface area contributed by atoms with Gasteiger partial charge in [0.2, 0.25) is 11.9 Å². The van der Waals surface area contributed by atoms with Crippen LogP contribution in [0.1, 0.15) is 38.5 Å². The SMILES string of the molecule is O=C(CCC1CCCC1)Nc1ncn[nH]1. The summed E-state index contributed by atoms with van der Waals surface area (Å²) in [4.78, 5) is 15.3. The molecule has 2 rings (SSSR count). The molecule has 1 saturated carbocycles. The number of nitrogens with one attached hydrogen (secondary N) is 2. The second kappa shape index (κ2) is 4.91. The lowest BCUT2D eigenvalue weighted by atomic mass is 10.0. The Morgan fingerprint density at radius 1 is 1.53 bits per heavy atom. The Morgan fingerprint density at radius 3 is 3.00 bits per heavy atom. The number of rotatable bonds is 4. The van der Waals surface area contributed by atoms with E-state index >= 15 is 0 Å². The van der Waals surface area contributed by atoms with Gasteiger partial charge in [-0.05, 0) is 12.3 Å². The molecule has 5 heteroatoms. The van der Waals surface area contributed by atoms with Crippen molar-refractivity contribution in [3.8, 4) is 0 Å². The van der Waals surface area contributed by atoms with Crippen molar-refractivity contribution in [2.24, 2.45) is 5.92 Å². The van der Waals surface area contributed by atoms with Crippen molar-refractivity contribution < 1.29 is 4.79 Å². The molecule has 1 amide bonds. The van der Waals surface area contributed by atoms with Crippen LogP contribution < -0.4 is 5.32 Å². The van der Waals surface area contributed by atoms with Crippen molar-refractivity contribution in [1.29, 1.82) is 0 Å². The number of hydrogen-bond donors (Lipinski definition) is 2. The van der Waals surface area contributed by atoms with Gasteiger partial charge in [0.05, 0.1) is 0 Å². The van der Waals surface area contributed by atoms with Crippen LogP contribution in [-0.4, -0.2) is 21.1 Å². The van der Waals surface area contributed by atoms with E-state index in [1.165, 1.54) is 32.0 Å². The van der Waals surface area contributed by atoms with Crippen LogP contribution in [0.5, 0.6) is 0 Å². The summed E-state index contributed by atoms with van der Waals surface area (Å²) in [5.41, 5.74) is 0. The molecule has 1 aromatic heterocycles. The molecular formula is C10H16N4O. The van der Waals surface area contributed by atoms with E-state index in [-0.39, 0.29) is 5.91 Å². The van der Waals surface area contributed by atoms with Gasteiger partial charge in [0.25, 0.3) is 0 Å². The van der Waals surface area contributed by atoms with Gasteiger partial charge in [0.1, 0.15) is 6.33 Å². The lowest BCUT2D eigenvalue weighted by molar-refractivity contribution is -0.116. The summed E-state index contributed by atoms with van der Waals surface area (Å²) in [7, 11) is 0. The minimum absolute atomic E-state index is 0.0265. The lowest BCUT2D eigenvalue weighted by Gasteiger charge is -2.07. The molecule has 0 bridgehead atoms. The van der Waals surface area contributed by atoms with Crippen LogP contribution in [0.3, 0.4) is 0 Å². The first kappa shape index (κ1) is 10.1. The Kier molecular flexibility index (Phi) is 3.32. The molecule has 1 aliphatic carbocycles. The zero-order valence-electron chi connectivity index (χ0n) is 8.70.